The van der Waals surface area contributed by atoms with Gasteiger partial charge in [-0.3, -0.25) is 19.7 Å². The van der Waals surface area contributed by atoms with Gasteiger partial charge in [0.1, 0.15) is 5.69 Å². The number of nitrogens with zero attached hydrogens (tertiary/aromatic N) is 2. The van der Waals surface area contributed by atoms with E-state index in [-0.39, 0.29) is 24.3 Å². The fourth-order valence-corrected chi connectivity index (χ4v) is 2.52. The molecule has 20 heavy (non-hydrogen) atoms. The summed E-state index contributed by atoms with van der Waals surface area (Å²) in [6.45, 7) is 3.38. The average molecular weight is 278 g/mol. The van der Waals surface area contributed by atoms with Gasteiger partial charge in [0, 0.05) is 19.0 Å². The zero-order valence-corrected chi connectivity index (χ0v) is 11.1. The number of aryl methyl sites for hydroxylation is 2. The summed E-state index contributed by atoms with van der Waals surface area (Å²) in [6, 6.07) is 3.13. The molecule has 0 spiro atoms. The summed E-state index contributed by atoms with van der Waals surface area (Å²) in [4.78, 5) is 34.7. The van der Waals surface area contributed by atoms with E-state index in [1.54, 1.807) is 19.9 Å². The fourth-order valence-electron chi connectivity index (χ4n) is 2.52. The lowest BCUT2D eigenvalue weighted by Gasteiger charge is -2.19. The minimum Gasteiger partial charge on any atom is -0.481 e. The number of carboxylic acid groups (broad SMARTS) is 1. The molecule has 106 valence electrons. The van der Waals surface area contributed by atoms with E-state index >= 15 is 0 Å². The van der Waals surface area contributed by atoms with Crippen LogP contribution in [-0.2, 0) is 9.59 Å². The number of benzene rings is 1. The number of hydrogen-bond acceptors (Lipinski definition) is 4. The highest BCUT2D eigenvalue weighted by molar-refractivity contribution is 6.01. The van der Waals surface area contributed by atoms with Gasteiger partial charge in [-0.15, -0.1) is 0 Å². The second-order valence-corrected chi connectivity index (χ2v) is 4.95. The van der Waals surface area contributed by atoms with Gasteiger partial charge >= 0.3 is 5.97 Å². The number of aliphatic carboxylic acids is 1. The molecule has 1 aliphatic heterocycles. The quantitative estimate of drug-likeness (QED) is 0.669. The first-order valence-corrected chi connectivity index (χ1v) is 6.10. The molecule has 7 heteroatoms. The van der Waals surface area contributed by atoms with Crippen molar-refractivity contribution in [2.24, 2.45) is 5.92 Å². The molecule has 1 atom stereocenters. The van der Waals surface area contributed by atoms with Gasteiger partial charge < -0.3 is 10.0 Å². The Bertz CT molecular complexity index is 611. The lowest BCUT2D eigenvalue weighted by molar-refractivity contribution is -0.384. The molecule has 0 bridgehead atoms. The Morgan fingerprint density at radius 3 is 2.60 bits per heavy atom. The van der Waals surface area contributed by atoms with Crippen molar-refractivity contribution in [2.45, 2.75) is 20.3 Å². The Balaban J connectivity index is 2.50. The van der Waals surface area contributed by atoms with Crippen molar-refractivity contribution in [3.63, 3.8) is 0 Å². The maximum atomic E-state index is 11.9. The summed E-state index contributed by atoms with van der Waals surface area (Å²) in [6.07, 6.45) is -0.125. The Kier molecular flexibility index (Phi) is 3.44. The van der Waals surface area contributed by atoms with Crippen LogP contribution in [0.25, 0.3) is 0 Å². The zero-order valence-electron chi connectivity index (χ0n) is 11.1. The first-order chi connectivity index (χ1) is 9.31. The van der Waals surface area contributed by atoms with Crippen molar-refractivity contribution in [3.05, 3.63) is 33.4 Å². The van der Waals surface area contributed by atoms with Gasteiger partial charge in [0.05, 0.1) is 10.8 Å². The maximum absolute atomic E-state index is 11.9. The molecule has 1 fully saturated rings. The third-order valence-electron chi connectivity index (χ3n) is 3.37. The summed E-state index contributed by atoms with van der Waals surface area (Å²) in [5.74, 6) is -2.27. The standard InChI is InChI=1S/C13H14N2O5/c1-7-3-8(2)12(10(4-7)15(19)20)14-6-9(13(17)18)5-11(14)16/h3-4,9H,5-6H2,1-2H3,(H,17,18). The van der Waals surface area contributed by atoms with E-state index < -0.39 is 22.7 Å². The number of nitro benzene ring substituents is 1. The van der Waals surface area contributed by atoms with Crippen LogP contribution < -0.4 is 4.90 Å². The van der Waals surface area contributed by atoms with E-state index in [1.807, 2.05) is 0 Å². The summed E-state index contributed by atoms with van der Waals surface area (Å²) >= 11 is 0. The van der Waals surface area contributed by atoms with Crippen LogP contribution in [0, 0.1) is 29.9 Å². The fraction of sp³-hybridized carbons (Fsp3) is 0.385. The molecule has 1 aliphatic rings. The zero-order chi connectivity index (χ0) is 15.0. The van der Waals surface area contributed by atoms with Crippen molar-refractivity contribution in [1.82, 2.24) is 0 Å². The number of anilines is 1. The monoisotopic (exact) mass is 278 g/mol. The van der Waals surface area contributed by atoms with E-state index in [0.29, 0.717) is 5.56 Å². The highest BCUT2D eigenvalue weighted by Crippen LogP contribution is 2.36. The third-order valence-corrected chi connectivity index (χ3v) is 3.37. The number of rotatable bonds is 3. The van der Waals surface area contributed by atoms with Crippen LogP contribution in [0.15, 0.2) is 12.1 Å². The first kappa shape index (κ1) is 14.0. The Hall–Kier alpha value is -2.44. The van der Waals surface area contributed by atoms with Gasteiger partial charge in [-0.05, 0) is 25.0 Å². The molecular weight excluding hydrogens is 264 g/mol. The van der Waals surface area contributed by atoms with E-state index in [4.69, 9.17) is 5.11 Å². The number of carbonyl (C=O) groups excluding carboxylic acids is 1. The lowest BCUT2D eigenvalue weighted by atomic mass is 10.1. The third kappa shape index (κ3) is 2.34. The van der Waals surface area contributed by atoms with Crippen LogP contribution in [0.2, 0.25) is 0 Å². The molecule has 0 radical (unpaired) electrons. The Morgan fingerprint density at radius 2 is 2.10 bits per heavy atom. The molecule has 1 aromatic carbocycles. The summed E-state index contributed by atoms with van der Waals surface area (Å²) < 4.78 is 0. The number of nitro groups is 1. The second kappa shape index (κ2) is 4.92. The van der Waals surface area contributed by atoms with Gasteiger partial charge in [0.25, 0.3) is 5.69 Å². The van der Waals surface area contributed by atoms with Crippen molar-refractivity contribution in [3.8, 4) is 0 Å². The Morgan fingerprint density at radius 1 is 1.45 bits per heavy atom. The van der Waals surface area contributed by atoms with Crippen LogP contribution in [-0.4, -0.2) is 28.5 Å². The summed E-state index contributed by atoms with van der Waals surface area (Å²) in [5.41, 5.74) is 1.35. The predicted octanol–water partition coefficient (Wildman–Crippen LogP) is 1.65. The van der Waals surface area contributed by atoms with Gasteiger partial charge in [0.2, 0.25) is 5.91 Å². The van der Waals surface area contributed by atoms with Crippen molar-refractivity contribution in [1.29, 1.82) is 0 Å². The topological polar surface area (TPSA) is 101 Å². The van der Waals surface area contributed by atoms with E-state index in [1.165, 1.54) is 11.0 Å². The molecular formula is C13H14N2O5. The van der Waals surface area contributed by atoms with Crippen molar-refractivity contribution < 1.29 is 19.6 Å². The normalized spacial score (nSPS) is 18.4. The van der Waals surface area contributed by atoms with Crippen molar-refractivity contribution in [2.75, 3.05) is 11.4 Å². The molecule has 1 unspecified atom stereocenters. The van der Waals surface area contributed by atoms with Crippen LogP contribution >= 0.6 is 0 Å². The smallest absolute Gasteiger partial charge is 0.308 e. The van der Waals surface area contributed by atoms with Gasteiger partial charge in [-0.25, -0.2) is 0 Å². The largest absolute Gasteiger partial charge is 0.481 e. The van der Waals surface area contributed by atoms with Crippen LogP contribution in [0.4, 0.5) is 11.4 Å². The van der Waals surface area contributed by atoms with E-state index in [0.717, 1.165) is 5.56 Å². The average Bonchev–Trinajstić information content (AvgIpc) is 2.70. The van der Waals surface area contributed by atoms with E-state index in [2.05, 4.69) is 0 Å². The highest BCUT2D eigenvalue weighted by atomic mass is 16.6. The van der Waals surface area contributed by atoms with E-state index in [9.17, 15) is 19.7 Å². The number of carboxylic acids is 1. The first-order valence-electron chi connectivity index (χ1n) is 6.10. The van der Waals surface area contributed by atoms with Gasteiger partial charge in [-0.1, -0.05) is 6.07 Å². The van der Waals surface area contributed by atoms with Gasteiger partial charge in [0.15, 0.2) is 0 Å². The molecule has 1 aromatic rings. The molecule has 1 saturated heterocycles. The molecule has 1 N–H and O–H groups in total. The SMILES string of the molecule is Cc1cc(C)c(N2CC(C(=O)O)CC2=O)c([N+](=O)[O-])c1. The summed E-state index contributed by atoms with van der Waals surface area (Å²) in [5, 5.41) is 20.1. The molecule has 2 rings (SSSR count). The number of hydrogen-bond donors (Lipinski definition) is 1. The molecule has 1 amide bonds. The van der Waals surface area contributed by atoms with Crippen LogP contribution in [0.1, 0.15) is 17.5 Å². The molecule has 0 saturated carbocycles. The van der Waals surface area contributed by atoms with Gasteiger partial charge in [-0.2, -0.15) is 0 Å². The maximum Gasteiger partial charge on any atom is 0.308 e. The minimum absolute atomic E-state index is 0.0289. The molecule has 0 aromatic heterocycles. The number of amides is 1. The molecule has 1 heterocycles. The Labute approximate surface area is 115 Å². The number of carbonyl (C=O) groups is 2. The molecule has 0 aliphatic carbocycles. The molecule has 7 nitrogen and oxygen atoms in total. The second-order valence-electron chi connectivity index (χ2n) is 4.95. The highest BCUT2D eigenvalue weighted by Gasteiger charge is 2.38. The van der Waals surface area contributed by atoms with Crippen molar-refractivity contribution >= 4 is 23.3 Å². The minimum atomic E-state index is -1.06. The van der Waals surface area contributed by atoms with Crippen LogP contribution in [0.5, 0.6) is 0 Å². The lowest BCUT2D eigenvalue weighted by Crippen LogP contribution is -2.27. The van der Waals surface area contributed by atoms with Crippen LogP contribution in [0.3, 0.4) is 0 Å². The summed E-state index contributed by atoms with van der Waals surface area (Å²) in [7, 11) is 0. The predicted molar refractivity (Wildman–Crippen MR) is 70.7 cm³/mol.